The molecule has 0 aliphatic rings. The van der Waals surface area contributed by atoms with Crippen molar-refractivity contribution in [3.8, 4) is 44.8 Å². The van der Waals surface area contributed by atoms with Crippen LogP contribution in [0.15, 0.2) is 182 Å². The Bertz CT molecular complexity index is 2430. The molecule has 0 bridgehead atoms. The number of hydrogen-bond acceptors (Lipinski definition) is 0. The van der Waals surface area contributed by atoms with E-state index in [9.17, 15) is 0 Å². The minimum Gasteiger partial charge on any atom is -0.316 e. The van der Waals surface area contributed by atoms with E-state index in [1.54, 1.807) is 0 Å². The maximum atomic E-state index is 2.43. The van der Waals surface area contributed by atoms with Crippen molar-refractivity contribution in [1.29, 1.82) is 0 Å². The molecule has 2 heteroatoms. The zero-order valence-electron chi connectivity index (χ0n) is 25.2. The summed E-state index contributed by atoms with van der Waals surface area (Å²) in [6.07, 6.45) is 2.23. The maximum Gasteiger partial charge on any atom is 0.0635 e. The van der Waals surface area contributed by atoms with Crippen LogP contribution in [0.4, 0.5) is 0 Å². The average molecular weight is 587 g/mol. The highest BCUT2D eigenvalue weighted by Gasteiger charge is 2.17. The number of aromatic nitrogens is 2. The lowest BCUT2D eigenvalue weighted by atomic mass is 9.98. The first kappa shape index (κ1) is 26.3. The third kappa shape index (κ3) is 4.35. The molecule has 0 atom stereocenters. The van der Waals surface area contributed by atoms with Crippen molar-refractivity contribution in [2.24, 2.45) is 0 Å². The Kier molecular flexibility index (Phi) is 6.17. The summed E-state index contributed by atoms with van der Waals surface area (Å²) in [4.78, 5) is 0. The van der Waals surface area contributed by atoms with E-state index in [2.05, 4.69) is 191 Å². The minimum atomic E-state index is 1.14. The minimum absolute atomic E-state index is 1.14. The van der Waals surface area contributed by atoms with E-state index in [1.807, 2.05) is 0 Å². The van der Waals surface area contributed by atoms with E-state index >= 15 is 0 Å². The third-order valence-electron chi connectivity index (χ3n) is 9.15. The molecule has 0 saturated heterocycles. The molecule has 0 radical (unpaired) electrons. The molecular formula is C44H30N2. The molecule has 0 N–H and O–H groups in total. The van der Waals surface area contributed by atoms with Crippen molar-refractivity contribution in [2.45, 2.75) is 0 Å². The Morgan fingerprint density at radius 3 is 1.48 bits per heavy atom. The van der Waals surface area contributed by atoms with E-state index in [0.717, 1.165) is 11.4 Å². The van der Waals surface area contributed by atoms with Crippen LogP contribution >= 0.6 is 0 Å². The summed E-state index contributed by atoms with van der Waals surface area (Å²) >= 11 is 0. The number of para-hydroxylation sites is 1. The summed E-state index contributed by atoms with van der Waals surface area (Å²) in [5.74, 6) is 0. The maximum absolute atomic E-state index is 2.43. The van der Waals surface area contributed by atoms with E-state index < -0.39 is 0 Å². The molecule has 7 aromatic carbocycles. The molecule has 46 heavy (non-hydrogen) atoms. The number of fused-ring (bicyclic) bond motifs is 5. The van der Waals surface area contributed by atoms with Crippen molar-refractivity contribution in [3.05, 3.63) is 182 Å². The number of rotatable bonds is 5. The summed E-state index contributed by atoms with van der Waals surface area (Å²) < 4.78 is 4.77. The first-order valence-electron chi connectivity index (χ1n) is 15.8. The molecule has 0 amide bonds. The van der Waals surface area contributed by atoms with Crippen LogP contribution in [-0.2, 0) is 0 Å². The lowest BCUT2D eigenvalue weighted by Gasteiger charge is -2.13. The number of hydrogen-bond donors (Lipinski definition) is 0. The van der Waals surface area contributed by atoms with Gasteiger partial charge in [-0.1, -0.05) is 127 Å². The molecular weight excluding hydrogens is 556 g/mol. The Hall–Kier alpha value is -6.12. The summed E-state index contributed by atoms with van der Waals surface area (Å²) in [5, 5.41) is 3.75. The SMILES string of the molecule is c1ccc(-c2ccc(-n3c4ccccc4c4ccc5c(ccn5-c5cc(-c6ccccc6)cc(-c6ccccc6)c5)c43)cc2)cc1. The van der Waals surface area contributed by atoms with E-state index in [0.29, 0.717) is 0 Å². The second kappa shape index (κ2) is 10.8. The van der Waals surface area contributed by atoms with Crippen LogP contribution in [-0.4, -0.2) is 9.13 Å². The smallest absolute Gasteiger partial charge is 0.0635 e. The van der Waals surface area contributed by atoms with Gasteiger partial charge in [0.05, 0.1) is 16.6 Å². The van der Waals surface area contributed by atoms with Gasteiger partial charge in [-0.2, -0.15) is 0 Å². The van der Waals surface area contributed by atoms with Gasteiger partial charge in [0.1, 0.15) is 0 Å². The monoisotopic (exact) mass is 586 g/mol. The molecule has 0 spiro atoms. The molecule has 0 unspecified atom stereocenters. The summed E-state index contributed by atoms with van der Waals surface area (Å²) in [7, 11) is 0. The molecule has 2 heterocycles. The lowest BCUT2D eigenvalue weighted by Crippen LogP contribution is -1.96. The van der Waals surface area contributed by atoms with Crippen molar-refractivity contribution >= 4 is 32.7 Å². The Morgan fingerprint density at radius 1 is 0.304 bits per heavy atom. The van der Waals surface area contributed by atoms with Gasteiger partial charge < -0.3 is 9.13 Å². The number of benzene rings is 7. The van der Waals surface area contributed by atoms with Gasteiger partial charge in [-0.25, -0.2) is 0 Å². The van der Waals surface area contributed by atoms with Crippen molar-refractivity contribution in [1.82, 2.24) is 9.13 Å². The molecule has 0 fully saturated rings. The lowest BCUT2D eigenvalue weighted by molar-refractivity contribution is 1.13. The molecule has 2 nitrogen and oxygen atoms in total. The van der Waals surface area contributed by atoms with Crippen LogP contribution in [0.5, 0.6) is 0 Å². The van der Waals surface area contributed by atoms with Crippen LogP contribution in [0.2, 0.25) is 0 Å². The van der Waals surface area contributed by atoms with E-state index in [-0.39, 0.29) is 0 Å². The molecule has 2 aromatic heterocycles. The van der Waals surface area contributed by atoms with E-state index in [1.165, 1.54) is 66.1 Å². The first-order chi connectivity index (χ1) is 22.8. The molecule has 0 saturated carbocycles. The van der Waals surface area contributed by atoms with Gasteiger partial charge in [0.25, 0.3) is 0 Å². The van der Waals surface area contributed by atoms with E-state index in [4.69, 9.17) is 0 Å². The van der Waals surface area contributed by atoms with Crippen LogP contribution < -0.4 is 0 Å². The number of nitrogens with zero attached hydrogens (tertiary/aromatic N) is 2. The normalized spacial score (nSPS) is 11.5. The predicted octanol–water partition coefficient (Wildman–Crippen LogP) is 11.7. The van der Waals surface area contributed by atoms with Gasteiger partial charge in [0.2, 0.25) is 0 Å². The zero-order chi connectivity index (χ0) is 30.5. The van der Waals surface area contributed by atoms with Gasteiger partial charge in [-0.15, -0.1) is 0 Å². The third-order valence-corrected chi connectivity index (χ3v) is 9.15. The molecule has 0 aliphatic carbocycles. The summed E-state index contributed by atoms with van der Waals surface area (Å²) in [6.45, 7) is 0. The Labute approximate surface area is 268 Å². The fourth-order valence-electron chi connectivity index (χ4n) is 6.95. The largest absolute Gasteiger partial charge is 0.316 e. The van der Waals surface area contributed by atoms with Crippen molar-refractivity contribution in [3.63, 3.8) is 0 Å². The van der Waals surface area contributed by atoms with Crippen LogP contribution in [0.1, 0.15) is 0 Å². The zero-order valence-corrected chi connectivity index (χ0v) is 25.2. The predicted molar refractivity (Wildman–Crippen MR) is 194 cm³/mol. The van der Waals surface area contributed by atoms with Gasteiger partial charge in [-0.3, -0.25) is 0 Å². The van der Waals surface area contributed by atoms with Crippen LogP contribution in [0, 0.1) is 0 Å². The Morgan fingerprint density at radius 2 is 0.848 bits per heavy atom. The van der Waals surface area contributed by atoms with Crippen LogP contribution in [0.25, 0.3) is 77.5 Å². The summed E-state index contributed by atoms with van der Waals surface area (Å²) in [5.41, 5.74) is 13.2. The quantitative estimate of drug-likeness (QED) is 0.190. The molecule has 0 aliphatic heterocycles. The molecule has 216 valence electrons. The topological polar surface area (TPSA) is 9.86 Å². The fourth-order valence-corrected chi connectivity index (χ4v) is 6.95. The van der Waals surface area contributed by atoms with Crippen molar-refractivity contribution < 1.29 is 0 Å². The Balaban J connectivity index is 1.26. The standard InChI is InChI=1S/C44H30N2/c1-4-12-31(13-5-1)34-20-22-37(23-21-34)46-43-19-11-10-18-39(43)40-24-25-42-41(44(40)46)26-27-45(42)38-29-35(32-14-6-2-7-15-32)28-36(30-38)33-16-8-3-9-17-33/h1-30H. The second-order valence-corrected chi connectivity index (χ2v) is 11.8. The summed E-state index contributed by atoms with van der Waals surface area (Å²) in [6, 6.07) is 63.4. The second-order valence-electron chi connectivity index (χ2n) is 11.8. The highest BCUT2D eigenvalue weighted by Crippen LogP contribution is 2.39. The van der Waals surface area contributed by atoms with Gasteiger partial charge >= 0.3 is 0 Å². The highest BCUT2D eigenvalue weighted by atomic mass is 15.0. The van der Waals surface area contributed by atoms with Gasteiger partial charge in [0.15, 0.2) is 0 Å². The molecule has 9 aromatic rings. The highest BCUT2D eigenvalue weighted by molar-refractivity contribution is 6.18. The van der Waals surface area contributed by atoms with Crippen LogP contribution in [0.3, 0.4) is 0 Å². The molecule has 9 rings (SSSR count). The first-order valence-corrected chi connectivity index (χ1v) is 15.8. The average Bonchev–Trinajstić information content (AvgIpc) is 3.72. The van der Waals surface area contributed by atoms with Gasteiger partial charge in [-0.05, 0) is 81.9 Å². The van der Waals surface area contributed by atoms with Gasteiger partial charge in [0, 0.05) is 33.7 Å². The fraction of sp³-hybridized carbons (Fsp3) is 0. The van der Waals surface area contributed by atoms with Crippen molar-refractivity contribution in [2.75, 3.05) is 0 Å².